The van der Waals surface area contributed by atoms with E-state index in [1.165, 1.54) is 109 Å². The molecule has 0 radical (unpaired) electrons. The third-order valence-electron chi connectivity index (χ3n) is 12.1. The zero-order valence-corrected chi connectivity index (χ0v) is 41.3. The lowest BCUT2D eigenvalue weighted by Crippen LogP contribution is -2.29. The first-order valence-corrected chi connectivity index (χ1v) is 27.1. The van der Waals surface area contributed by atoms with E-state index in [-0.39, 0.29) is 24.1 Å². The zero-order chi connectivity index (χ0) is 44.4. The molecule has 1 aromatic heterocycles. The maximum absolute atomic E-state index is 12.9. The normalized spacial score (nSPS) is 13.2. The van der Waals surface area contributed by atoms with E-state index in [0.29, 0.717) is 30.4 Å². The van der Waals surface area contributed by atoms with Crippen LogP contribution in [0.1, 0.15) is 252 Å². The Morgan fingerprint density at radius 1 is 0.525 bits per heavy atom. The summed E-state index contributed by atoms with van der Waals surface area (Å²) < 4.78 is 29.4. The van der Waals surface area contributed by atoms with Crippen molar-refractivity contribution in [2.75, 3.05) is 33.2 Å². The fraction of sp³-hybridized carbons (Fsp3) is 0.920. The molecule has 61 heavy (non-hydrogen) atoms. The largest absolute Gasteiger partial charge is 0.549 e. The van der Waals surface area contributed by atoms with E-state index in [1.807, 2.05) is 0 Å². The van der Waals surface area contributed by atoms with E-state index >= 15 is 0 Å². The molecule has 0 bridgehead atoms. The molecular weight excluding hydrogens is 783 g/mol. The van der Waals surface area contributed by atoms with E-state index < -0.39 is 11.1 Å². The Kier molecular flexibility index (Phi) is 39.3. The third-order valence-corrected chi connectivity index (χ3v) is 12.9. The van der Waals surface area contributed by atoms with Crippen molar-refractivity contribution in [2.45, 2.75) is 265 Å². The third kappa shape index (κ3) is 34.1. The molecule has 0 saturated heterocycles. The van der Waals surface area contributed by atoms with Gasteiger partial charge in [0.25, 0.3) is 0 Å². The van der Waals surface area contributed by atoms with Crippen molar-refractivity contribution in [3.8, 4) is 0 Å². The van der Waals surface area contributed by atoms with Crippen LogP contribution in [0.4, 0.5) is 0 Å². The van der Waals surface area contributed by atoms with Crippen LogP contribution in [0.3, 0.4) is 0 Å². The molecule has 0 aromatic carbocycles. The van der Waals surface area contributed by atoms with Crippen molar-refractivity contribution >= 4 is 23.1 Å². The van der Waals surface area contributed by atoms with Crippen LogP contribution in [0.5, 0.6) is 0 Å². The van der Waals surface area contributed by atoms with Crippen LogP contribution < -0.4 is 11.0 Å². The van der Waals surface area contributed by atoms with Crippen molar-refractivity contribution in [1.82, 2.24) is 13.6 Å². The van der Waals surface area contributed by atoms with Gasteiger partial charge in [-0.15, -0.1) is 0 Å². The number of hydrogen-bond acceptors (Lipinski definition) is 8. The number of rotatable bonds is 44. The van der Waals surface area contributed by atoms with Crippen molar-refractivity contribution in [3.05, 3.63) is 11.0 Å². The van der Waals surface area contributed by atoms with Crippen LogP contribution in [0.2, 0.25) is 0 Å². The summed E-state index contributed by atoms with van der Waals surface area (Å²) in [6.07, 6.45) is 39.9. The second-order valence-corrected chi connectivity index (χ2v) is 18.8. The average molecular weight is 880 g/mol. The lowest BCUT2D eigenvalue weighted by Gasteiger charge is -2.22. The molecule has 2 N–H and O–H groups in total. The number of carbonyl (C=O) groups is 2. The summed E-state index contributed by atoms with van der Waals surface area (Å²) in [7, 11) is 1.67. The molecule has 0 amide bonds. The molecule has 0 aliphatic carbocycles. The highest BCUT2D eigenvalue weighted by Crippen LogP contribution is 2.19. The van der Waals surface area contributed by atoms with Gasteiger partial charge in [-0.1, -0.05) is 163 Å². The number of ether oxygens (including phenoxy) is 2. The van der Waals surface area contributed by atoms with E-state index in [1.54, 1.807) is 7.05 Å². The molecule has 1 rings (SSSR count). The Balaban J connectivity index is 2.43. The average Bonchev–Trinajstić information content (AvgIpc) is 3.63. The van der Waals surface area contributed by atoms with Gasteiger partial charge in [0.2, 0.25) is 11.0 Å². The Morgan fingerprint density at radius 3 is 1.36 bits per heavy atom. The molecule has 0 aliphatic heterocycles. The number of H-pyrrole nitrogens is 2. The fourth-order valence-electron chi connectivity index (χ4n) is 8.20. The first-order chi connectivity index (χ1) is 29.9. The van der Waals surface area contributed by atoms with Crippen molar-refractivity contribution in [1.29, 1.82) is 0 Å². The Morgan fingerprint density at radius 2 is 0.902 bits per heavy atom. The molecule has 0 fully saturated rings. The maximum Gasteiger partial charge on any atom is 0.306 e. The summed E-state index contributed by atoms with van der Waals surface area (Å²) in [5, 5.41) is 0. The molecule has 11 heteroatoms. The standard InChI is InChI=1S/C50H97N5O5S/c1-6-10-13-16-21-28-36-45(9-4)59-47(56)39-31-24-19-26-33-42-55(44-35-41-52-50-49(51-5)53-61(58)54-50)43-34-27-20-25-32-40-48(57)60-46(37-29-22-17-14-11-7-2)38-30-23-18-15-12-8-3/h45-46H,6-44H2,1-5H3,(H,51,53)(H,52,54). The van der Waals surface area contributed by atoms with Gasteiger partial charge in [0, 0.05) is 26.4 Å². The second-order valence-electron chi connectivity index (χ2n) is 17.8. The number of hydrogen-bond donors (Lipinski definition) is 2. The number of esters is 2. The molecule has 358 valence electrons. The highest BCUT2D eigenvalue weighted by Gasteiger charge is 2.15. The predicted molar refractivity (Wildman–Crippen MR) is 256 cm³/mol. The minimum absolute atomic E-state index is 0.00717. The van der Waals surface area contributed by atoms with Crippen LogP contribution in [0.15, 0.2) is 9.98 Å². The topological polar surface area (TPSA) is 135 Å². The van der Waals surface area contributed by atoms with E-state index in [4.69, 9.17) is 9.47 Å². The smallest absolute Gasteiger partial charge is 0.306 e. The zero-order valence-electron chi connectivity index (χ0n) is 40.5. The number of nitrogens with zero attached hydrogens (tertiary/aromatic N) is 3. The summed E-state index contributed by atoms with van der Waals surface area (Å²) in [6, 6.07) is 0. The van der Waals surface area contributed by atoms with Gasteiger partial charge in [0.1, 0.15) is 23.4 Å². The van der Waals surface area contributed by atoms with Crippen molar-refractivity contribution in [3.63, 3.8) is 0 Å². The van der Waals surface area contributed by atoms with Gasteiger partial charge in [-0.2, -0.15) is 8.75 Å². The Labute approximate surface area is 377 Å². The molecule has 10 nitrogen and oxygen atoms in total. The van der Waals surface area contributed by atoms with E-state index in [2.05, 4.69) is 51.3 Å². The number of unbranched alkanes of at least 4 members (excludes halogenated alkanes) is 23. The van der Waals surface area contributed by atoms with Gasteiger partial charge >= 0.3 is 11.9 Å². The molecule has 1 heterocycles. The van der Waals surface area contributed by atoms with Gasteiger partial charge in [0.05, 0.1) is 0 Å². The van der Waals surface area contributed by atoms with Gasteiger partial charge in [0.15, 0.2) is 0 Å². The van der Waals surface area contributed by atoms with Gasteiger partial charge < -0.3 is 18.9 Å². The number of carbonyl (C=O) groups excluding carboxylic acids is 2. The first kappa shape index (κ1) is 57.0. The fourth-order valence-corrected chi connectivity index (χ4v) is 8.95. The number of nitrogens with one attached hydrogen (secondary N) is 2. The van der Waals surface area contributed by atoms with E-state index in [9.17, 15) is 14.1 Å². The summed E-state index contributed by atoms with van der Waals surface area (Å²) >= 11 is -1.36. The highest BCUT2D eigenvalue weighted by atomic mass is 32.2. The quantitative estimate of drug-likeness (QED) is 0.0381. The van der Waals surface area contributed by atoms with Crippen molar-refractivity contribution < 1.29 is 23.6 Å². The Hall–Kier alpha value is -1.98. The van der Waals surface area contributed by atoms with Gasteiger partial charge in [-0.3, -0.25) is 19.6 Å². The minimum atomic E-state index is -1.36. The molecule has 2 atom stereocenters. The highest BCUT2D eigenvalue weighted by molar-refractivity contribution is 7.13. The van der Waals surface area contributed by atoms with Crippen LogP contribution in [0, 0.1) is 0 Å². The predicted octanol–water partition coefficient (Wildman–Crippen LogP) is 13.4. The van der Waals surface area contributed by atoms with Crippen LogP contribution in [-0.4, -0.2) is 75.6 Å². The first-order valence-electron chi connectivity index (χ1n) is 25.9. The van der Waals surface area contributed by atoms with Crippen LogP contribution >= 0.6 is 11.1 Å². The second kappa shape index (κ2) is 42.0. The molecular formula is C50H97N5O5S. The molecule has 1 aromatic rings. The van der Waals surface area contributed by atoms with Gasteiger partial charge in [-0.25, -0.2) is 0 Å². The van der Waals surface area contributed by atoms with Crippen LogP contribution in [-0.2, 0) is 19.1 Å². The molecule has 0 saturated carbocycles. The summed E-state index contributed by atoms with van der Waals surface area (Å²) in [6.45, 7) is 12.6. The summed E-state index contributed by atoms with van der Waals surface area (Å²) in [5.41, 5.74) is 1.13. The Bertz CT molecular complexity index is 1260. The molecule has 0 spiro atoms. The maximum atomic E-state index is 12.9. The summed E-state index contributed by atoms with van der Waals surface area (Å²) in [4.78, 5) is 36.7. The van der Waals surface area contributed by atoms with Crippen LogP contribution in [0.25, 0.3) is 0 Å². The lowest BCUT2D eigenvalue weighted by atomic mass is 10.0. The van der Waals surface area contributed by atoms with Gasteiger partial charge in [-0.05, 0) is 96.7 Å². The monoisotopic (exact) mass is 880 g/mol. The lowest BCUT2D eigenvalue weighted by molar-refractivity contribution is -0.150. The summed E-state index contributed by atoms with van der Waals surface area (Å²) in [5.74, 6) is -0.0151. The van der Waals surface area contributed by atoms with Crippen molar-refractivity contribution in [2.24, 2.45) is 9.98 Å². The number of aromatic nitrogens is 2. The molecule has 0 aliphatic rings. The molecule has 2 unspecified atom stereocenters. The number of aromatic amines is 2. The SMILES string of the molecule is CCCCCCCCC(CC)OC(=O)CCCCCCCN(CCCCCCCC(=O)OC(CCCCCCCC)CCCCCCCC)CCCN=c1[nH][s+]([O-])[nH]c1=NC. The minimum Gasteiger partial charge on any atom is -0.549 e. The van der Waals surface area contributed by atoms with E-state index in [0.717, 1.165) is 122 Å².